The van der Waals surface area contributed by atoms with Crippen LogP contribution in [0.25, 0.3) is 0 Å². The van der Waals surface area contributed by atoms with E-state index in [1.165, 1.54) is 11.1 Å². The summed E-state index contributed by atoms with van der Waals surface area (Å²) in [5.74, 6) is 0.0215. The van der Waals surface area contributed by atoms with Crippen molar-refractivity contribution in [3.63, 3.8) is 0 Å². The summed E-state index contributed by atoms with van der Waals surface area (Å²) >= 11 is 0. The molecule has 0 saturated carbocycles. The van der Waals surface area contributed by atoms with Crippen LogP contribution in [0.5, 0.6) is 0 Å². The van der Waals surface area contributed by atoms with Gasteiger partial charge in [-0.05, 0) is 25.3 Å². The molecule has 5 nitrogen and oxygen atoms in total. The molecule has 1 rings (SSSR count). The quantitative estimate of drug-likeness (QED) is 0.486. The van der Waals surface area contributed by atoms with E-state index in [0.29, 0.717) is 0 Å². The van der Waals surface area contributed by atoms with Crippen molar-refractivity contribution in [3.05, 3.63) is 23.3 Å². The van der Waals surface area contributed by atoms with Crippen molar-refractivity contribution in [2.75, 3.05) is 13.6 Å². The van der Waals surface area contributed by atoms with Gasteiger partial charge in [-0.3, -0.25) is 5.41 Å². The van der Waals surface area contributed by atoms with Crippen LogP contribution in [-0.2, 0) is 0 Å². The molecule has 1 aliphatic carbocycles. The molecule has 0 unspecified atom stereocenters. The van der Waals surface area contributed by atoms with Crippen molar-refractivity contribution in [3.8, 4) is 0 Å². The van der Waals surface area contributed by atoms with E-state index in [0.717, 1.165) is 19.4 Å². The number of hydrogen-bond acceptors (Lipinski definition) is 1. The Kier molecular flexibility index (Phi) is 4.10. The summed E-state index contributed by atoms with van der Waals surface area (Å²) in [6, 6.07) is 0. The molecular formula is C11H19N5. The van der Waals surface area contributed by atoms with Crippen molar-refractivity contribution in [1.82, 2.24) is 4.90 Å². The molecule has 0 aromatic rings. The first-order valence-corrected chi connectivity index (χ1v) is 5.26. The summed E-state index contributed by atoms with van der Waals surface area (Å²) < 4.78 is 0. The highest BCUT2D eigenvalue weighted by atomic mass is 15.2. The first kappa shape index (κ1) is 12.3. The molecule has 0 atom stereocenters. The summed E-state index contributed by atoms with van der Waals surface area (Å²) in [5.41, 5.74) is 13.1. The summed E-state index contributed by atoms with van der Waals surface area (Å²) in [6.45, 7) is 2.85. The van der Waals surface area contributed by atoms with E-state index in [9.17, 15) is 0 Å². The fourth-order valence-electron chi connectivity index (χ4n) is 1.57. The van der Waals surface area contributed by atoms with Gasteiger partial charge in [0.05, 0.1) is 0 Å². The number of rotatable bonds is 3. The van der Waals surface area contributed by atoms with Crippen LogP contribution in [0, 0.1) is 5.41 Å². The van der Waals surface area contributed by atoms with E-state index in [-0.39, 0.29) is 11.9 Å². The summed E-state index contributed by atoms with van der Waals surface area (Å²) in [4.78, 5) is 5.42. The van der Waals surface area contributed by atoms with Crippen LogP contribution in [0.1, 0.15) is 19.8 Å². The van der Waals surface area contributed by atoms with E-state index in [1.807, 2.05) is 7.05 Å². The molecule has 0 fully saturated rings. The Bertz CT molecular complexity index is 361. The average Bonchev–Trinajstić information content (AvgIpc) is 2.59. The van der Waals surface area contributed by atoms with Crippen LogP contribution in [0.3, 0.4) is 0 Å². The smallest absolute Gasteiger partial charge is 0.220 e. The van der Waals surface area contributed by atoms with Gasteiger partial charge in [0.2, 0.25) is 5.96 Å². The van der Waals surface area contributed by atoms with Crippen LogP contribution in [0.4, 0.5) is 0 Å². The Hall–Kier alpha value is -1.78. The number of nitrogens with one attached hydrogen (secondary N) is 1. The molecule has 0 heterocycles. The van der Waals surface area contributed by atoms with Crippen molar-refractivity contribution >= 4 is 11.9 Å². The topological polar surface area (TPSA) is 91.5 Å². The van der Waals surface area contributed by atoms with Crippen LogP contribution in [0.2, 0.25) is 0 Å². The normalized spacial score (nSPS) is 14.1. The average molecular weight is 221 g/mol. The minimum atomic E-state index is -0.0759. The fourth-order valence-corrected chi connectivity index (χ4v) is 1.57. The predicted octanol–water partition coefficient (Wildman–Crippen LogP) is 0.793. The molecule has 0 aromatic heterocycles. The Morgan fingerprint density at radius 1 is 1.50 bits per heavy atom. The highest BCUT2D eigenvalue weighted by Gasteiger charge is 2.08. The van der Waals surface area contributed by atoms with Gasteiger partial charge in [-0.15, -0.1) is 0 Å². The van der Waals surface area contributed by atoms with Gasteiger partial charge in [-0.2, -0.15) is 4.99 Å². The molecule has 0 aliphatic heterocycles. The number of nitrogens with zero attached hydrogens (tertiary/aromatic N) is 2. The minimum Gasteiger partial charge on any atom is -0.370 e. The standard InChI is InChI=1S/C11H19N5/c1-8-4-3-5-9(8)6-7-16(2)11(14)15-10(12)13/h4-5H,3,6-7H2,1-2H3,(H5,12,13,14,15). The second-order valence-electron chi connectivity index (χ2n) is 3.88. The maximum absolute atomic E-state index is 7.59. The van der Waals surface area contributed by atoms with Crippen LogP contribution in [-0.4, -0.2) is 30.4 Å². The highest BCUT2D eigenvalue weighted by molar-refractivity contribution is 5.91. The van der Waals surface area contributed by atoms with Gasteiger partial charge in [0.15, 0.2) is 5.96 Å². The highest BCUT2D eigenvalue weighted by Crippen LogP contribution is 2.21. The largest absolute Gasteiger partial charge is 0.370 e. The molecule has 16 heavy (non-hydrogen) atoms. The van der Waals surface area contributed by atoms with Crippen molar-refractivity contribution in [2.45, 2.75) is 19.8 Å². The SMILES string of the molecule is CC1=CCC=C1CCN(C)C(=N)N=C(N)N. The lowest BCUT2D eigenvalue weighted by Crippen LogP contribution is -2.31. The third-order valence-electron chi connectivity index (χ3n) is 2.61. The zero-order valence-corrected chi connectivity index (χ0v) is 9.83. The number of aliphatic imine (C=N–C) groups is 1. The maximum atomic E-state index is 7.59. The first-order valence-electron chi connectivity index (χ1n) is 5.26. The zero-order valence-electron chi connectivity index (χ0n) is 9.83. The Labute approximate surface area is 96.0 Å². The molecule has 0 aromatic carbocycles. The monoisotopic (exact) mass is 221 g/mol. The van der Waals surface area contributed by atoms with E-state index in [4.69, 9.17) is 16.9 Å². The van der Waals surface area contributed by atoms with Crippen LogP contribution >= 0.6 is 0 Å². The van der Waals surface area contributed by atoms with Gasteiger partial charge in [0.1, 0.15) is 0 Å². The minimum absolute atomic E-state index is 0.0759. The Balaban J connectivity index is 2.41. The molecule has 88 valence electrons. The first-order chi connectivity index (χ1) is 7.50. The third-order valence-corrected chi connectivity index (χ3v) is 2.61. The second-order valence-corrected chi connectivity index (χ2v) is 3.88. The van der Waals surface area contributed by atoms with Crippen molar-refractivity contribution in [2.24, 2.45) is 16.5 Å². The summed E-state index contributed by atoms with van der Waals surface area (Å²) in [5, 5.41) is 7.59. The molecule has 5 N–H and O–H groups in total. The number of hydrogen-bond donors (Lipinski definition) is 3. The summed E-state index contributed by atoms with van der Waals surface area (Å²) in [7, 11) is 1.81. The van der Waals surface area contributed by atoms with Gasteiger partial charge in [0.25, 0.3) is 0 Å². The zero-order chi connectivity index (χ0) is 12.1. The van der Waals surface area contributed by atoms with E-state index >= 15 is 0 Å². The number of nitrogens with two attached hydrogens (primary N) is 2. The lowest BCUT2D eigenvalue weighted by Gasteiger charge is -2.17. The van der Waals surface area contributed by atoms with Gasteiger partial charge in [-0.1, -0.05) is 17.7 Å². The molecular weight excluding hydrogens is 202 g/mol. The molecule has 0 saturated heterocycles. The molecule has 0 bridgehead atoms. The van der Waals surface area contributed by atoms with Crippen molar-refractivity contribution < 1.29 is 0 Å². The van der Waals surface area contributed by atoms with Gasteiger partial charge < -0.3 is 16.4 Å². The molecule has 0 radical (unpaired) electrons. The lowest BCUT2D eigenvalue weighted by molar-refractivity contribution is 0.499. The summed E-state index contributed by atoms with van der Waals surface area (Å²) in [6.07, 6.45) is 6.36. The second kappa shape index (κ2) is 5.34. The molecule has 0 amide bonds. The van der Waals surface area contributed by atoms with Gasteiger partial charge in [0, 0.05) is 13.6 Å². The molecule has 5 heteroatoms. The predicted molar refractivity (Wildman–Crippen MR) is 67.2 cm³/mol. The van der Waals surface area contributed by atoms with Gasteiger partial charge in [-0.25, -0.2) is 0 Å². The maximum Gasteiger partial charge on any atom is 0.220 e. The molecule has 0 spiro atoms. The van der Waals surface area contributed by atoms with E-state index < -0.39 is 0 Å². The van der Waals surface area contributed by atoms with Gasteiger partial charge >= 0.3 is 0 Å². The van der Waals surface area contributed by atoms with Crippen LogP contribution in [0.15, 0.2) is 28.3 Å². The lowest BCUT2D eigenvalue weighted by atomic mass is 10.1. The van der Waals surface area contributed by atoms with E-state index in [1.54, 1.807) is 4.90 Å². The number of allylic oxidation sites excluding steroid dienone is 3. The van der Waals surface area contributed by atoms with Crippen molar-refractivity contribution in [1.29, 1.82) is 5.41 Å². The fraction of sp³-hybridized carbons (Fsp3) is 0.455. The van der Waals surface area contributed by atoms with E-state index in [2.05, 4.69) is 24.1 Å². The Morgan fingerprint density at radius 3 is 2.69 bits per heavy atom. The Morgan fingerprint density at radius 2 is 2.19 bits per heavy atom. The number of guanidine groups is 2. The molecule has 1 aliphatic rings. The third kappa shape index (κ3) is 3.42. The van der Waals surface area contributed by atoms with Crippen LogP contribution < -0.4 is 11.5 Å².